The van der Waals surface area contributed by atoms with Gasteiger partial charge in [0, 0.05) is 48.1 Å². The third-order valence-corrected chi connectivity index (χ3v) is 7.77. The molecule has 0 fully saturated rings. The molecule has 4 aromatic heterocycles. The van der Waals surface area contributed by atoms with Gasteiger partial charge in [-0.3, -0.25) is 9.59 Å². The number of hydrogen-bond acceptors (Lipinski definition) is 7. The number of primary sulfonamides is 1. The normalized spacial score (nSPS) is 11.9. The molecule has 0 atom stereocenters. The quantitative estimate of drug-likeness (QED) is 0.359. The number of amides is 1. The summed E-state index contributed by atoms with van der Waals surface area (Å²) in [6.45, 7) is 7.39. The van der Waals surface area contributed by atoms with E-state index in [-0.39, 0.29) is 38.7 Å². The number of pyridine rings is 2. The maximum absolute atomic E-state index is 12.8. The van der Waals surface area contributed by atoms with Crippen molar-refractivity contribution in [2.45, 2.75) is 37.9 Å². The molecule has 184 valence electrons. The second-order valence-electron chi connectivity index (χ2n) is 8.60. The van der Waals surface area contributed by atoms with Gasteiger partial charge in [-0.15, -0.1) is 11.3 Å². The number of H-pyrrole nitrogens is 1. The predicted octanol–water partition coefficient (Wildman–Crippen LogP) is 3.18. The number of nitrogens with zero attached hydrogens (tertiary/aromatic N) is 2. The summed E-state index contributed by atoms with van der Waals surface area (Å²) in [7, 11) is -2.47. The van der Waals surface area contributed by atoms with Gasteiger partial charge in [-0.25, -0.2) is 18.5 Å². The van der Waals surface area contributed by atoms with Crippen molar-refractivity contribution < 1.29 is 17.9 Å². The molecule has 0 saturated heterocycles. The average Bonchev–Trinajstić information content (AvgIpc) is 3.37. The number of sulfonamides is 1. The van der Waals surface area contributed by atoms with E-state index in [0.717, 1.165) is 22.5 Å². The fourth-order valence-corrected chi connectivity index (χ4v) is 5.47. The Labute approximate surface area is 205 Å². The number of nitrogens with two attached hydrogens (primary N) is 1. The first-order chi connectivity index (χ1) is 16.3. The molecule has 0 radical (unpaired) electrons. The SMILES string of the molecule is Cc1cnc(Oc2cc(S(N)(=O)=O)sc2-c2cn(C)c(=O)c3[nH]c(C(=O)NC(C)C)cc23)c(C)c1. The minimum absolute atomic E-state index is 0.101. The van der Waals surface area contributed by atoms with Gasteiger partial charge in [-0.05, 0) is 45.4 Å². The van der Waals surface area contributed by atoms with E-state index in [4.69, 9.17) is 9.88 Å². The second-order valence-corrected chi connectivity index (χ2v) is 11.4. The van der Waals surface area contributed by atoms with Crippen LogP contribution in [0.15, 0.2) is 39.6 Å². The molecule has 4 heterocycles. The lowest BCUT2D eigenvalue weighted by atomic mass is 10.1. The molecule has 0 unspecified atom stereocenters. The number of carbonyl (C=O) groups is 1. The number of hydrogen-bond donors (Lipinski definition) is 3. The number of rotatable bonds is 6. The number of ether oxygens (including phenoxy) is 1. The van der Waals surface area contributed by atoms with Crippen LogP contribution in [0.2, 0.25) is 0 Å². The number of thiophene rings is 1. The van der Waals surface area contributed by atoms with Crippen LogP contribution in [-0.2, 0) is 17.1 Å². The van der Waals surface area contributed by atoms with Crippen molar-refractivity contribution in [1.29, 1.82) is 0 Å². The summed E-state index contributed by atoms with van der Waals surface area (Å²) < 4.78 is 31.7. The van der Waals surface area contributed by atoms with Crippen molar-refractivity contribution in [1.82, 2.24) is 19.9 Å². The van der Waals surface area contributed by atoms with Gasteiger partial charge in [0.25, 0.3) is 11.5 Å². The summed E-state index contributed by atoms with van der Waals surface area (Å²) in [5.41, 5.74) is 2.29. The summed E-state index contributed by atoms with van der Waals surface area (Å²) >= 11 is 0.910. The van der Waals surface area contributed by atoms with Gasteiger partial charge in [0.1, 0.15) is 21.2 Å². The molecule has 0 spiro atoms. The van der Waals surface area contributed by atoms with E-state index < -0.39 is 10.0 Å². The smallest absolute Gasteiger partial charge is 0.274 e. The summed E-state index contributed by atoms with van der Waals surface area (Å²) in [6.07, 6.45) is 3.22. The predicted molar refractivity (Wildman–Crippen MR) is 135 cm³/mol. The Morgan fingerprint density at radius 1 is 1.26 bits per heavy atom. The Bertz CT molecular complexity index is 1630. The van der Waals surface area contributed by atoms with Crippen molar-refractivity contribution in [3.8, 4) is 22.1 Å². The van der Waals surface area contributed by atoms with Gasteiger partial charge in [-0.2, -0.15) is 0 Å². The summed E-state index contributed by atoms with van der Waals surface area (Å²) in [5.74, 6) is 0.159. The molecule has 0 saturated carbocycles. The van der Waals surface area contributed by atoms with Crippen LogP contribution in [0.5, 0.6) is 11.6 Å². The van der Waals surface area contributed by atoms with Gasteiger partial charge in [0.05, 0.1) is 4.88 Å². The highest BCUT2D eigenvalue weighted by molar-refractivity contribution is 7.91. The van der Waals surface area contributed by atoms with E-state index in [1.54, 1.807) is 25.5 Å². The number of aryl methyl sites for hydroxylation is 3. The lowest BCUT2D eigenvalue weighted by Gasteiger charge is -2.10. The van der Waals surface area contributed by atoms with Crippen LogP contribution >= 0.6 is 11.3 Å². The first kappa shape index (κ1) is 24.6. The monoisotopic (exact) mass is 515 g/mol. The molecule has 0 aliphatic rings. The Kier molecular flexibility index (Phi) is 6.30. The van der Waals surface area contributed by atoms with E-state index in [9.17, 15) is 18.0 Å². The zero-order chi connectivity index (χ0) is 25.7. The summed E-state index contributed by atoms with van der Waals surface area (Å²) in [5, 5.41) is 8.65. The minimum atomic E-state index is -4.04. The van der Waals surface area contributed by atoms with Crippen molar-refractivity contribution in [2.24, 2.45) is 12.2 Å². The first-order valence-electron chi connectivity index (χ1n) is 10.7. The van der Waals surface area contributed by atoms with Crippen LogP contribution in [0.4, 0.5) is 0 Å². The molecule has 0 aliphatic carbocycles. The highest BCUT2D eigenvalue weighted by atomic mass is 32.2. The Morgan fingerprint density at radius 2 is 1.97 bits per heavy atom. The topological polar surface area (TPSA) is 149 Å². The fourth-order valence-electron chi connectivity index (χ4n) is 3.65. The van der Waals surface area contributed by atoms with E-state index >= 15 is 0 Å². The molecule has 0 bridgehead atoms. The second kappa shape index (κ2) is 8.95. The standard InChI is InChI=1S/C23H25N5O5S2/c1-11(2)26-21(29)16-7-14-15(10-28(5)23(30)19(14)27-16)20-17(8-18(34-20)35(24,31)32)33-22-13(4)6-12(3)9-25-22/h6-11,27H,1-5H3,(H,26,29)(H2,24,31,32). The van der Waals surface area contributed by atoms with Crippen molar-refractivity contribution >= 4 is 38.2 Å². The third kappa shape index (κ3) is 4.85. The Hall–Kier alpha value is -3.48. The van der Waals surface area contributed by atoms with Crippen LogP contribution < -0.4 is 20.8 Å². The highest BCUT2D eigenvalue weighted by Crippen LogP contribution is 2.44. The van der Waals surface area contributed by atoms with E-state index in [2.05, 4.69) is 15.3 Å². The molecule has 4 aromatic rings. The van der Waals surface area contributed by atoms with Gasteiger partial charge in [0.2, 0.25) is 15.9 Å². The van der Waals surface area contributed by atoms with Crippen molar-refractivity contribution in [2.75, 3.05) is 0 Å². The molecule has 4 rings (SSSR count). The number of aromatic nitrogens is 3. The van der Waals surface area contributed by atoms with Gasteiger partial charge in [0.15, 0.2) is 0 Å². The van der Waals surface area contributed by atoms with Crippen LogP contribution in [0.1, 0.15) is 35.5 Å². The Morgan fingerprint density at radius 3 is 2.60 bits per heavy atom. The maximum Gasteiger partial charge on any atom is 0.274 e. The van der Waals surface area contributed by atoms with Crippen LogP contribution in [0, 0.1) is 13.8 Å². The van der Waals surface area contributed by atoms with E-state index in [1.165, 1.54) is 10.6 Å². The van der Waals surface area contributed by atoms with E-state index in [0.29, 0.717) is 21.7 Å². The maximum atomic E-state index is 12.8. The highest BCUT2D eigenvalue weighted by Gasteiger charge is 2.24. The molecular weight excluding hydrogens is 490 g/mol. The van der Waals surface area contributed by atoms with Gasteiger partial charge < -0.3 is 19.6 Å². The van der Waals surface area contributed by atoms with Crippen LogP contribution in [0.3, 0.4) is 0 Å². The molecule has 4 N–H and O–H groups in total. The first-order valence-corrected chi connectivity index (χ1v) is 13.0. The zero-order valence-electron chi connectivity index (χ0n) is 19.8. The van der Waals surface area contributed by atoms with Crippen LogP contribution in [0.25, 0.3) is 21.3 Å². The molecule has 0 aliphatic heterocycles. The number of nitrogens with one attached hydrogen (secondary N) is 2. The zero-order valence-corrected chi connectivity index (χ0v) is 21.4. The van der Waals surface area contributed by atoms with Crippen LogP contribution in [-0.4, -0.2) is 34.9 Å². The molecule has 0 aromatic carbocycles. The van der Waals surface area contributed by atoms with Crippen molar-refractivity contribution in [3.05, 3.63) is 57.8 Å². The molecule has 10 nitrogen and oxygen atoms in total. The lowest BCUT2D eigenvalue weighted by Crippen LogP contribution is -2.30. The molecular formula is C23H25N5O5S2. The molecule has 1 amide bonds. The number of aromatic amines is 1. The van der Waals surface area contributed by atoms with Gasteiger partial charge in [-0.1, -0.05) is 0 Å². The largest absolute Gasteiger partial charge is 0.437 e. The summed E-state index contributed by atoms with van der Waals surface area (Å²) in [4.78, 5) is 33.1. The third-order valence-electron chi connectivity index (χ3n) is 5.20. The minimum Gasteiger partial charge on any atom is -0.437 e. The Balaban J connectivity index is 1.95. The lowest BCUT2D eigenvalue weighted by molar-refractivity contribution is 0.0939. The average molecular weight is 516 g/mol. The fraction of sp³-hybridized carbons (Fsp3) is 0.261. The number of fused-ring (bicyclic) bond motifs is 1. The van der Waals surface area contributed by atoms with Gasteiger partial charge >= 0.3 is 0 Å². The van der Waals surface area contributed by atoms with Crippen molar-refractivity contribution in [3.63, 3.8) is 0 Å². The molecule has 35 heavy (non-hydrogen) atoms. The number of carbonyl (C=O) groups excluding carboxylic acids is 1. The van der Waals surface area contributed by atoms with E-state index in [1.807, 2.05) is 33.8 Å². The molecule has 12 heteroatoms. The summed E-state index contributed by atoms with van der Waals surface area (Å²) in [6, 6.07) is 4.70.